The summed E-state index contributed by atoms with van der Waals surface area (Å²) >= 11 is 0. The maximum atomic E-state index is 12.9. The molecule has 0 saturated carbocycles. The molecule has 3 aliphatic rings. The summed E-state index contributed by atoms with van der Waals surface area (Å²) in [6, 6.07) is 16.2. The Morgan fingerprint density at radius 3 is 1.79 bits per heavy atom. The summed E-state index contributed by atoms with van der Waals surface area (Å²) in [5, 5.41) is 2.82. The van der Waals surface area contributed by atoms with Crippen LogP contribution in [0.5, 0.6) is 0 Å². The first-order chi connectivity index (χ1) is 37.6. The number of aldehydes is 1. The Labute approximate surface area is 465 Å². The number of para-hydroxylation sites is 4. The Morgan fingerprint density at radius 2 is 1.21 bits per heavy atom. The van der Waals surface area contributed by atoms with E-state index in [0.717, 1.165) is 99.4 Å². The Bertz CT molecular complexity index is 2160. The summed E-state index contributed by atoms with van der Waals surface area (Å²) in [5.74, 6) is 2.22. The number of aromatic nitrogens is 4. The average molecular weight is 1070 g/mol. The highest BCUT2D eigenvalue weighted by Gasteiger charge is 2.35. The first kappa shape index (κ1) is 66.0. The lowest BCUT2D eigenvalue weighted by molar-refractivity contribution is -0.132. The second-order valence-electron chi connectivity index (χ2n) is 21.5. The molecule has 432 valence electrons. The molecule has 14 heteroatoms. The number of benzene rings is 2. The Morgan fingerprint density at radius 1 is 0.649 bits per heavy atom. The lowest BCUT2D eigenvalue weighted by Crippen LogP contribution is -2.36. The van der Waals surface area contributed by atoms with Crippen molar-refractivity contribution in [3.05, 3.63) is 61.2 Å². The molecule has 0 bridgehead atoms. The zero-order chi connectivity index (χ0) is 55.9. The first-order valence-electron chi connectivity index (χ1n) is 30.6. The molecule has 2 aromatic carbocycles. The van der Waals surface area contributed by atoms with Crippen molar-refractivity contribution in [3.63, 3.8) is 0 Å². The number of hydrogen-bond acceptors (Lipinski definition) is 8. The van der Waals surface area contributed by atoms with E-state index in [4.69, 9.17) is 4.74 Å². The summed E-state index contributed by atoms with van der Waals surface area (Å²) in [6.07, 6.45) is 36.1. The SMILES string of the molecule is CCCC1CC(=O)N(COC(=O)N(CC)CC)C1.CCCC1CNC(=O)C1.CCCCCCCCCCC(N1CC(CCC)CC1=O)n1cnc2ccccc21.CCCCCCCCCCC=O.c1ccc2[nH]cnc2c1. The van der Waals surface area contributed by atoms with Gasteiger partial charge in [0.2, 0.25) is 17.7 Å². The van der Waals surface area contributed by atoms with Crippen LogP contribution in [0.25, 0.3) is 22.1 Å². The molecule has 0 spiro atoms. The average Bonchev–Trinajstić information content (AvgIpc) is 4.31. The minimum atomic E-state index is -0.341. The number of fused-ring (bicyclic) bond motifs is 2. The lowest BCUT2D eigenvalue weighted by Gasteiger charge is -2.30. The summed E-state index contributed by atoms with van der Waals surface area (Å²) in [7, 11) is 0. The van der Waals surface area contributed by atoms with Crippen molar-refractivity contribution in [2.45, 2.75) is 228 Å². The van der Waals surface area contributed by atoms with Gasteiger partial charge in [-0.15, -0.1) is 0 Å². The molecular formula is C63H104N8O6. The number of carbonyl (C=O) groups is 5. The largest absolute Gasteiger partial charge is 0.428 e. The minimum absolute atomic E-state index is 0.0916. The third kappa shape index (κ3) is 25.8. The van der Waals surface area contributed by atoms with Gasteiger partial charge in [-0.1, -0.05) is 168 Å². The van der Waals surface area contributed by atoms with Gasteiger partial charge in [-0.05, 0) is 94.4 Å². The van der Waals surface area contributed by atoms with Gasteiger partial charge in [0.1, 0.15) is 12.5 Å². The van der Waals surface area contributed by atoms with Crippen molar-refractivity contribution < 1.29 is 28.7 Å². The predicted octanol–water partition coefficient (Wildman–Crippen LogP) is 15.0. The van der Waals surface area contributed by atoms with Crippen LogP contribution in [0.4, 0.5) is 4.79 Å². The molecule has 4 unspecified atom stereocenters. The van der Waals surface area contributed by atoms with Gasteiger partial charge in [0, 0.05) is 58.4 Å². The fraction of sp³-hybridized carbons (Fsp3) is 0.698. The standard InChI is InChI=1S/C25H39N3O.C13H24N2O3.C11H22O.C7H6N2.C7H13NO/c1-3-5-6-7-8-9-10-11-17-24(27-19-21(14-4-2)18-25(27)29)28-20-26-22-15-12-13-16-23(22)28;1-4-7-11-8-12(16)15(9-11)10-18-13(17)14(5-2)6-3;1-2-3-4-5-6-7-8-9-10-11-12;1-2-4-7-6(3-1)8-5-9-7;1-2-3-6-4-7(9)8-5-6/h12-13,15-16,20-21,24H,3-11,14,17-19H2,1-2H3;11H,4-10H2,1-3H3;11H,2-10H2,1H3;1-5H,(H,8,9);6H,2-5H2,1H3,(H,8,9). The monoisotopic (exact) mass is 1070 g/mol. The molecule has 5 heterocycles. The minimum Gasteiger partial charge on any atom is -0.428 e. The zero-order valence-corrected chi connectivity index (χ0v) is 49.1. The van der Waals surface area contributed by atoms with Gasteiger partial charge in [0.15, 0.2) is 6.73 Å². The maximum Gasteiger partial charge on any atom is 0.411 e. The fourth-order valence-corrected chi connectivity index (χ4v) is 10.6. The Balaban J connectivity index is 0.000000276. The molecule has 2 N–H and O–H groups in total. The molecule has 14 nitrogen and oxygen atoms in total. The molecule has 4 aromatic rings. The van der Waals surface area contributed by atoms with Crippen molar-refractivity contribution in [1.29, 1.82) is 0 Å². The number of unbranched alkanes of at least 4 members (excludes halogenated alkanes) is 15. The maximum absolute atomic E-state index is 12.9. The van der Waals surface area contributed by atoms with E-state index < -0.39 is 0 Å². The molecule has 0 aliphatic carbocycles. The number of amides is 4. The normalized spacial score (nSPS) is 17.1. The number of aromatic amines is 1. The number of likely N-dealkylation sites (tertiary alicyclic amines) is 2. The van der Waals surface area contributed by atoms with Crippen LogP contribution in [-0.2, 0) is 23.9 Å². The Hall–Kier alpha value is -5.27. The van der Waals surface area contributed by atoms with E-state index in [1.165, 1.54) is 109 Å². The fourth-order valence-electron chi connectivity index (χ4n) is 10.6. The van der Waals surface area contributed by atoms with Gasteiger partial charge in [0.05, 0.1) is 34.7 Å². The zero-order valence-electron chi connectivity index (χ0n) is 49.1. The van der Waals surface area contributed by atoms with Gasteiger partial charge < -0.3 is 39.1 Å². The summed E-state index contributed by atoms with van der Waals surface area (Å²) < 4.78 is 7.41. The number of hydrogen-bond donors (Lipinski definition) is 2. The number of ether oxygens (including phenoxy) is 1. The summed E-state index contributed by atoms with van der Waals surface area (Å²) in [5.41, 5.74) is 4.28. The van der Waals surface area contributed by atoms with Crippen LogP contribution < -0.4 is 5.32 Å². The molecule has 4 atom stereocenters. The molecule has 3 saturated heterocycles. The smallest absolute Gasteiger partial charge is 0.411 e. The Kier molecular flexibility index (Phi) is 35.0. The molecule has 3 aliphatic heterocycles. The summed E-state index contributed by atoms with van der Waals surface area (Å²) in [6.45, 7) is 18.7. The van der Waals surface area contributed by atoms with Crippen LogP contribution in [0.2, 0.25) is 0 Å². The van der Waals surface area contributed by atoms with Gasteiger partial charge >= 0.3 is 6.09 Å². The number of H-pyrrole nitrogens is 1. The van der Waals surface area contributed by atoms with Gasteiger partial charge in [-0.2, -0.15) is 0 Å². The van der Waals surface area contributed by atoms with Gasteiger partial charge in [-0.25, -0.2) is 14.8 Å². The van der Waals surface area contributed by atoms with Crippen molar-refractivity contribution in [3.8, 4) is 0 Å². The molecule has 3 fully saturated rings. The number of carbonyl (C=O) groups excluding carboxylic acids is 5. The van der Waals surface area contributed by atoms with E-state index in [1.54, 1.807) is 16.1 Å². The van der Waals surface area contributed by atoms with Crippen LogP contribution in [0.15, 0.2) is 61.2 Å². The van der Waals surface area contributed by atoms with Crippen molar-refractivity contribution in [1.82, 2.24) is 39.5 Å². The van der Waals surface area contributed by atoms with E-state index in [2.05, 4.69) is 82.6 Å². The molecule has 77 heavy (non-hydrogen) atoms. The molecule has 2 aromatic heterocycles. The van der Waals surface area contributed by atoms with Crippen LogP contribution >= 0.6 is 0 Å². The summed E-state index contributed by atoms with van der Waals surface area (Å²) in [4.78, 5) is 73.9. The van der Waals surface area contributed by atoms with Crippen molar-refractivity contribution in [2.24, 2.45) is 17.8 Å². The molecule has 4 amide bonds. The highest BCUT2D eigenvalue weighted by atomic mass is 16.6. The highest BCUT2D eigenvalue weighted by Crippen LogP contribution is 2.33. The van der Waals surface area contributed by atoms with E-state index in [0.29, 0.717) is 49.6 Å². The molecule has 0 radical (unpaired) electrons. The van der Waals surface area contributed by atoms with E-state index in [1.807, 2.05) is 50.5 Å². The van der Waals surface area contributed by atoms with Crippen LogP contribution in [0.1, 0.15) is 228 Å². The van der Waals surface area contributed by atoms with Gasteiger partial charge in [-0.3, -0.25) is 14.4 Å². The van der Waals surface area contributed by atoms with E-state index in [9.17, 15) is 24.0 Å². The number of rotatable bonds is 30. The number of nitrogens with one attached hydrogen (secondary N) is 2. The van der Waals surface area contributed by atoms with Crippen LogP contribution in [0, 0.1) is 17.8 Å². The molecule has 7 rings (SSSR count). The quantitative estimate of drug-likeness (QED) is 0.0385. The number of nitrogens with zero attached hydrogens (tertiary/aromatic N) is 6. The number of imidazole rings is 2. The second kappa shape index (κ2) is 40.9. The predicted molar refractivity (Wildman–Crippen MR) is 315 cm³/mol. The highest BCUT2D eigenvalue weighted by molar-refractivity contribution is 5.80. The van der Waals surface area contributed by atoms with Crippen LogP contribution in [-0.4, -0.2) is 104 Å². The van der Waals surface area contributed by atoms with E-state index >= 15 is 0 Å². The van der Waals surface area contributed by atoms with Crippen molar-refractivity contribution >= 4 is 52.2 Å². The lowest BCUT2D eigenvalue weighted by atomic mass is 10.0. The molecular weight excluding hydrogens is 965 g/mol. The first-order valence-corrected chi connectivity index (χ1v) is 30.6. The van der Waals surface area contributed by atoms with Crippen molar-refractivity contribution in [2.75, 3.05) is 39.5 Å². The van der Waals surface area contributed by atoms with Crippen LogP contribution in [0.3, 0.4) is 0 Å². The second-order valence-corrected chi connectivity index (χ2v) is 21.5. The third-order valence-corrected chi connectivity index (χ3v) is 15.0. The van der Waals surface area contributed by atoms with E-state index in [-0.39, 0.29) is 30.8 Å². The van der Waals surface area contributed by atoms with Gasteiger partial charge in [0.25, 0.3) is 0 Å². The topological polar surface area (TPSA) is 163 Å². The third-order valence-electron chi connectivity index (χ3n) is 15.0.